The van der Waals surface area contributed by atoms with Crippen molar-refractivity contribution in [1.82, 2.24) is 14.9 Å². The van der Waals surface area contributed by atoms with E-state index in [0.717, 1.165) is 44.0 Å². The Morgan fingerprint density at radius 3 is 2.81 bits per heavy atom. The van der Waals surface area contributed by atoms with Gasteiger partial charge in [0.2, 0.25) is 5.95 Å². The highest BCUT2D eigenvalue weighted by molar-refractivity contribution is 6.31. The van der Waals surface area contributed by atoms with E-state index in [1.807, 2.05) is 0 Å². The predicted octanol–water partition coefficient (Wildman–Crippen LogP) is 4.75. The summed E-state index contributed by atoms with van der Waals surface area (Å²) in [6.45, 7) is 1.63. The molecule has 0 saturated carbocycles. The molecule has 0 amide bonds. The first-order chi connectivity index (χ1) is 15.3. The number of aromatic nitrogens is 2. The third kappa shape index (κ3) is 4.25. The number of H-pyrrole nitrogens is 1. The van der Waals surface area contributed by atoms with Crippen LogP contribution in [0.25, 0.3) is 11.0 Å². The number of hydrogen-bond acceptors (Lipinski definition) is 5. The van der Waals surface area contributed by atoms with Crippen molar-refractivity contribution in [2.45, 2.75) is 25.3 Å². The van der Waals surface area contributed by atoms with E-state index in [0.29, 0.717) is 17.6 Å². The smallest absolute Gasteiger partial charge is 0.201 e. The Morgan fingerprint density at radius 1 is 1.34 bits per heavy atom. The van der Waals surface area contributed by atoms with Crippen LogP contribution in [0.5, 0.6) is 0 Å². The number of benzene rings is 2. The summed E-state index contributed by atoms with van der Waals surface area (Å²) in [4.78, 5) is 9.25. The Kier molecular flexibility index (Phi) is 6.27. The van der Waals surface area contributed by atoms with Gasteiger partial charge in [-0.15, -0.1) is 0 Å². The minimum atomic E-state index is -1.21. The van der Waals surface area contributed by atoms with Crippen molar-refractivity contribution in [2.24, 2.45) is 0 Å². The number of hydroxylamine groups is 1. The molecule has 1 fully saturated rings. The highest BCUT2D eigenvalue weighted by Crippen LogP contribution is 2.28. The highest BCUT2D eigenvalue weighted by atomic mass is 35.5. The largest absolute Gasteiger partial charge is 0.356 e. The minimum Gasteiger partial charge on any atom is -0.356 e. The number of aromatic amines is 1. The molecule has 0 spiro atoms. The first kappa shape index (κ1) is 22.4. The molecule has 1 aromatic heterocycles. The van der Waals surface area contributed by atoms with E-state index in [1.54, 1.807) is 0 Å². The lowest BCUT2D eigenvalue weighted by atomic mass is 10.1. The SMILES string of the molecule is CN1CCCC1CCNc1nc2c(F)c(F)cc(C(=N)N(O)c3ccc(F)c(Cl)c3)c2[nH]1. The molecule has 1 unspecified atom stereocenters. The molecule has 1 aliphatic heterocycles. The molecule has 11 heteroatoms. The van der Waals surface area contributed by atoms with Crippen LogP contribution < -0.4 is 10.4 Å². The lowest BCUT2D eigenvalue weighted by Gasteiger charge is -2.19. The summed E-state index contributed by atoms with van der Waals surface area (Å²) < 4.78 is 42.1. The fraction of sp³-hybridized carbons (Fsp3) is 0.333. The molecule has 1 aliphatic rings. The fourth-order valence-corrected chi connectivity index (χ4v) is 4.11. The molecule has 1 saturated heterocycles. The van der Waals surface area contributed by atoms with Gasteiger partial charge in [-0.05, 0) is 57.1 Å². The summed E-state index contributed by atoms with van der Waals surface area (Å²) in [6, 6.07) is 4.59. The second-order valence-electron chi connectivity index (χ2n) is 7.78. The number of anilines is 2. The van der Waals surface area contributed by atoms with Gasteiger partial charge in [0.05, 0.1) is 16.2 Å². The summed E-state index contributed by atoms with van der Waals surface area (Å²) >= 11 is 5.74. The first-order valence-corrected chi connectivity index (χ1v) is 10.5. The molecule has 4 N–H and O–H groups in total. The van der Waals surface area contributed by atoms with Gasteiger partial charge in [-0.25, -0.2) is 23.2 Å². The molecule has 3 aromatic rings. The lowest BCUT2D eigenvalue weighted by molar-refractivity contribution is 0.301. The van der Waals surface area contributed by atoms with Crippen molar-refractivity contribution in [3.8, 4) is 0 Å². The van der Waals surface area contributed by atoms with Gasteiger partial charge in [0.25, 0.3) is 0 Å². The van der Waals surface area contributed by atoms with Crippen LogP contribution >= 0.6 is 11.6 Å². The average Bonchev–Trinajstić information content (AvgIpc) is 3.38. The topological polar surface area (TPSA) is 91.3 Å². The van der Waals surface area contributed by atoms with Gasteiger partial charge in [0.1, 0.15) is 11.3 Å². The van der Waals surface area contributed by atoms with Gasteiger partial charge in [-0.3, -0.25) is 10.6 Å². The number of imidazole rings is 1. The van der Waals surface area contributed by atoms with Crippen LogP contribution in [0.1, 0.15) is 24.8 Å². The monoisotopic (exact) mass is 466 g/mol. The van der Waals surface area contributed by atoms with Gasteiger partial charge >= 0.3 is 0 Å². The van der Waals surface area contributed by atoms with Crippen molar-refractivity contribution in [3.63, 3.8) is 0 Å². The Balaban J connectivity index is 1.60. The first-order valence-electron chi connectivity index (χ1n) is 10.1. The molecule has 4 rings (SSSR count). The van der Waals surface area contributed by atoms with Gasteiger partial charge < -0.3 is 15.2 Å². The zero-order valence-corrected chi connectivity index (χ0v) is 18.0. The molecule has 0 bridgehead atoms. The molecule has 170 valence electrons. The van der Waals surface area contributed by atoms with Crippen LogP contribution in [-0.4, -0.2) is 52.1 Å². The van der Waals surface area contributed by atoms with E-state index in [2.05, 4.69) is 27.2 Å². The van der Waals surface area contributed by atoms with Gasteiger partial charge in [-0.1, -0.05) is 11.6 Å². The number of likely N-dealkylation sites (tertiary alicyclic amines) is 1. The van der Waals surface area contributed by atoms with E-state index >= 15 is 0 Å². The van der Waals surface area contributed by atoms with Crippen molar-refractivity contribution >= 4 is 40.1 Å². The van der Waals surface area contributed by atoms with Crippen molar-refractivity contribution in [1.29, 1.82) is 5.41 Å². The van der Waals surface area contributed by atoms with Crippen molar-refractivity contribution < 1.29 is 18.4 Å². The molecular weight excluding hydrogens is 445 g/mol. The molecule has 1 atom stereocenters. The fourth-order valence-electron chi connectivity index (χ4n) is 3.93. The minimum absolute atomic E-state index is 0.0159. The van der Waals surface area contributed by atoms with Crippen LogP contribution in [-0.2, 0) is 0 Å². The normalized spacial score (nSPS) is 16.6. The predicted molar refractivity (Wildman–Crippen MR) is 117 cm³/mol. The van der Waals surface area contributed by atoms with Gasteiger partial charge in [0.15, 0.2) is 17.5 Å². The molecule has 7 nitrogen and oxygen atoms in total. The quantitative estimate of drug-likeness (QED) is 0.239. The standard InChI is InChI=1S/C21H22ClF3N6O/c1-30-8-2-3-11(30)6-7-27-21-28-18-13(10-16(24)17(25)19(18)29-21)20(26)31(32)12-4-5-15(23)14(22)9-12/h4-5,9-11,26,32H,2-3,6-8H2,1H3,(H2,27,28,29). The van der Waals surface area contributed by atoms with E-state index < -0.39 is 23.3 Å². The number of hydrogen-bond donors (Lipinski definition) is 4. The Morgan fingerprint density at radius 2 is 2.12 bits per heavy atom. The summed E-state index contributed by atoms with van der Waals surface area (Å²) in [7, 11) is 2.07. The van der Waals surface area contributed by atoms with E-state index in [9.17, 15) is 18.4 Å². The Labute approximate surface area is 187 Å². The number of nitrogens with zero attached hydrogens (tertiary/aromatic N) is 3. The molecule has 2 heterocycles. The number of rotatable bonds is 6. The molecular formula is C21H22ClF3N6O. The lowest BCUT2D eigenvalue weighted by Crippen LogP contribution is -2.27. The Bertz CT molecular complexity index is 1170. The molecule has 32 heavy (non-hydrogen) atoms. The van der Waals surface area contributed by atoms with Gasteiger partial charge in [0, 0.05) is 18.2 Å². The average molecular weight is 467 g/mol. The van der Waals surface area contributed by atoms with Crippen LogP contribution in [0.15, 0.2) is 24.3 Å². The zero-order valence-electron chi connectivity index (χ0n) is 17.2. The summed E-state index contributed by atoms with van der Waals surface area (Å²) in [5.41, 5.74) is -0.395. The zero-order chi connectivity index (χ0) is 23.0. The van der Waals surface area contributed by atoms with Crippen LogP contribution in [0.4, 0.5) is 24.8 Å². The second kappa shape index (κ2) is 8.97. The maximum Gasteiger partial charge on any atom is 0.201 e. The summed E-state index contributed by atoms with van der Waals surface area (Å²) in [6.07, 6.45) is 3.13. The van der Waals surface area contributed by atoms with E-state index in [-0.39, 0.29) is 33.3 Å². The van der Waals surface area contributed by atoms with Gasteiger partial charge in [-0.2, -0.15) is 0 Å². The number of nitrogens with one attached hydrogen (secondary N) is 3. The maximum atomic E-state index is 14.4. The van der Waals surface area contributed by atoms with Crippen molar-refractivity contribution in [3.05, 3.63) is 52.3 Å². The molecule has 2 aromatic carbocycles. The van der Waals surface area contributed by atoms with E-state index in [1.165, 1.54) is 6.07 Å². The third-order valence-electron chi connectivity index (χ3n) is 5.72. The van der Waals surface area contributed by atoms with Crippen LogP contribution in [0, 0.1) is 22.9 Å². The summed E-state index contributed by atoms with van der Waals surface area (Å²) in [5.74, 6) is -3.41. The third-order valence-corrected chi connectivity index (χ3v) is 6.01. The molecule has 0 aliphatic carbocycles. The summed E-state index contributed by atoms with van der Waals surface area (Å²) in [5, 5.41) is 22.0. The van der Waals surface area contributed by atoms with Crippen molar-refractivity contribution in [2.75, 3.05) is 30.5 Å². The highest BCUT2D eigenvalue weighted by Gasteiger charge is 2.24. The second-order valence-corrected chi connectivity index (χ2v) is 8.19. The maximum absolute atomic E-state index is 14.4. The van der Waals surface area contributed by atoms with Crippen LogP contribution in [0.2, 0.25) is 5.02 Å². The molecule has 0 radical (unpaired) electrons. The van der Waals surface area contributed by atoms with Crippen LogP contribution in [0.3, 0.4) is 0 Å². The number of amidine groups is 1. The van der Waals surface area contributed by atoms with E-state index in [4.69, 9.17) is 17.0 Å². The Hall–Kier alpha value is -2.82. The number of halogens is 4. The number of fused-ring (bicyclic) bond motifs is 1.